The molecule has 2 aromatic rings. The molecular weight excluding hydrogens is 216 g/mol. The van der Waals surface area contributed by atoms with Crippen LogP contribution in [0.5, 0.6) is 0 Å². The molecule has 0 fully saturated rings. The summed E-state index contributed by atoms with van der Waals surface area (Å²) in [5.74, 6) is 0.257. The molecule has 1 aromatic heterocycles. The summed E-state index contributed by atoms with van der Waals surface area (Å²) in [5, 5.41) is 3.09. The molecule has 16 heavy (non-hydrogen) atoms. The SMILES string of the molecule is CCC(C)(C)C(=O)c1csc2ccccc12. The van der Waals surface area contributed by atoms with Crippen molar-refractivity contribution in [3.63, 3.8) is 0 Å². The summed E-state index contributed by atoms with van der Waals surface area (Å²) < 4.78 is 1.19. The minimum atomic E-state index is -0.260. The zero-order valence-corrected chi connectivity index (χ0v) is 10.7. The fourth-order valence-corrected chi connectivity index (χ4v) is 2.62. The molecule has 0 radical (unpaired) electrons. The molecular formula is C14H16OS. The lowest BCUT2D eigenvalue weighted by Crippen LogP contribution is -2.22. The first-order chi connectivity index (χ1) is 7.56. The van der Waals surface area contributed by atoms with Gasteiger partial charge >= 0.3 is 0 Å². The van der Waals surface area contributed by atoms with Crippen molar-refractivity contribution in [2.75, 3.05) is 0 Å². The minimum Gasteiger partial charge on any atom is -0.294 e. The highest BCUT2D eigenvalue weighted by atomic mass is 32.1. The van der Waals surface area contributed by atoms with Crippen LogP contribution in [0.4, 0.5) is 0 Å². The fraction of sp³-hybridized carbons (Fsp3) is 0.357. The van der Waals surface area contributed by atoms with Crippen LogP contribution in [0.2, 0.25) is 0 Å². The number of benzene rings is 1. The Morgan fingerprint density at radius 2 is 2.00 bits per heavy atom. The average Bonchev–Trinajstić information content (AvgIpc) is 2.71. The molecule has 2 rings (SSSR count). The summed E-state index contributed by atoms with van der Waals surface area (Å²) in [6.45, 7) is 6.09. The van der Waals surface area contributed by atoms with Crippen LogP contribution in [0, 0.1) is 5.41 Å². The van der Waals surface area contributed by atoms with E-state index in [-0.39, 0.29) is 11.2 Å². The third kappa shape index (κ3) is 1.78. The van der Waals surface area contributed by atoms with Gasteiger partial charge in [0.2, 0.25) is 0 Å². The molecule has 0 aliphatic rings. The van der Waals surface area contributed by atoms with Crippen LogP contribution in [-0.4, -0.2) is 5.78 Å². The Hall–Kier alpha value is -1.15. The number of thiophene rings is 1. The van der Waals surface area contributed by atoms with Crippen molar-refractivity contribution in [2.45, 2.75) is 27.2 Å². The quantitative estimate of drug-likeness (QED) is 0.711. The summed E-state index contributed by atoms with van der Waals surface area (Å²) in [5.41, 5.74) is 0.622. The Kier molecular flexibility index (Phi) is 2.85. The van der Waals surface area contributed by atoms with Gasteiger partial charge in [0.1, 0.15) is 0 Å². The van der Waals surface area contributed by atoms with Crippen LogP contribution in [0.15, 0.2) is 29.6 Å². The lowest BCUT2D eigenvalue weighted by atomic mass is 9.82. The molecule has 0 bridgehead atoms. The van der Waals surface area contributed by atoms with E-state index in [2.05, 4.69) is 13.0 Å². The summed E-state index contributed by atoms with van der Waals surface area (Å²) in [4.78, 5) is 12.4. The van der Waals surface area contributed by atoms with Crippen molar-refractivity contribution in [3.8, 4) is 0 Å². The minimum absolute atomic E-state index is 0.257. The summed E-state index contributed by atoms with van der Waals surface area (Å²) in [6.07, 6.45) is 0.871. The highest BCUT2D eigenvalue weighted by Crippen LogP contribution is 2.32. The molecule has 1 heterocycles. The number of hydrogen-bond acceptors (Lipinski definition) is 2. The van der Waals surface area contributed by atoms with Gasteiger partial charge < -0.3 is 0 Å². The standard InChI is InChI=1S/C14H16OS/c1-4-14(2,3)13(15)11-9-16-12-8-6-5-7-10(11)12/h5-9H,4H2,1-3H3. The van der Waals surface area contributed by atoms with Crippen molar-refractivity contribution in [2.24, 2.45) is 5.41 Å². The lowest BCUT2D eigenvalue weighted by Gasteiger charge is -2.20. The van der Waals surface area contributed by atoms with Crippen LogP contribution in [0.25, 0.3) is 10.1 Å². The van der Waals surface area contributed by atoms with Crippen molar-refractivity contribution >= 4 is 27.2 Å². The van der Waals surface area contributed by atoms with Gasteiger partial charge in [0.05, 0.1) is 0 Å². The second kappa shape index (κ2) is 4.02. The van der Waals surface area contributed by atoms with E-state index >= 15 is 0 Å². The van der Waals surface area contributed by atoms with Gasteiger partial charge in [0.15, 0.2) is 5.78 Å². The van der Waals surface area contributed by atoms with Crippen LogP contribution in [0.1, 0.15) is 37.6 Å². The summed E-state index contributed by atoms with van der Waals surface area (Å²) >= 11 is 1.65. The van der Waals surface area contributed by atoms with Gasteiger partial charge in [-0.15, -0.1) is 11.3 Å². The van der Waals surface area contributed by atoms with E-state index in [1.807, 2.05) is 37.4 Å². The van der Waals surface area contributed by atoms with E-state index in [9.17, 15) is 4.79 Å². The molecule has 0 amide bonds. The van der Waals surface area contributed by atoms with Gasteiger partial charge in [0, 0.05) is 26.4 Å². The predicted molar refractivity (Wildman–Crippen MR) is 70.2 cm³/mol. The third-order valence-corrected chi connectivity index (χ3v) is 4.19. The van der Waals surface area contributed by atoms with Crippen LogP contribution in [-0.2, 0) is 0 Å². The molecule has 84 valence electrons. The fourth-order valence-electron chi connectivity index (χ4n) is 1.68. The topological polar surface area (TPSA) is 17.1 Å². The largest absolute Gasteiger partial charge is 0.294 e. The number of rotatable bonds is 3. The van der Waals surface area contributed by atoms with Crippen molar-refractivity contribution in [1.29, 1.82) is 0 Å². The lowest BCUT2D eigenvalue weighted by molar-refractivity contribution is 0.0835. The highest BCUT2D eigenvalue weighted by Gasteiger charge is 2.28. The number of Topliss-reactive ketones (excluding diaryl/α,β-unsaturated/α-hetero) is 1. The maximum atomic E-state index is 12.4. The first-order valence-electron chi connectivity index (χ1n) is 5.57. The monoisotopic (exact) mass is 232 g/mol. The molecule has 0 atom stereocenters. The Bertz CT molecular complexity index is 522. The third-order valence-electron chi connectivity index (χ3n) is 3.22. The van der Waals surface area contributed by atoms with E-state index in [1.54, 1.807) is 11.3 Å². The van der Waals surface area contributed by atoms with Crippen molar-refractivity contribution in [3.05, 3.63) is 35.2 Å². The maximum Gasteiger partial charge on any atom is 0.169 e. The first kappa shape index (κ1) is 11.3. The normalized spacial score (nSPS) is 11.9. The molecule has 1 nitrogen and oxygen atoms in total. The number of fused-ring (bicyclic) bond motifs is 1. The Morgan fingerprint density at radius 1 is 1.31 bits per heavy atom. The molecule has 0 saturated heterocycles. The van der Waals surface area contributed by atoms with Gasteiger partial charge in [-0.25, -0.2) is 0 Å². The van der Waals surface area contributed by atoms with E-state index in [0.29, 0.717) is 0 Å². The molecule has 0 saturated carbocycles. The van der Waals surface area contributed by atoms with Gasteiger partial charge in [-0.1, -0.05) is 39.0 Å². The smallest absolute Gasteiger partial charge is 0.169 e. The Morgan fingerprint density at radius 3 is 2.69 bits per heavy atom. The number of hydrogen-bond donors (Lipinski definition) is 0. The summed E-state index contributed by atoms with van der Waals surface area (Å²) in [7, 11) is 0. The van der Waals surface area contributed by atoms with Crippen molar-refractivity contribution < 1.29 is 4.79 Å². The zero-order chi connectivity index (χ0) is 11.8. The van der Waals surface area contributed by atoms with E-state index < -0.39 is 0 Å². The number of carbonyl (C=O) groups excluding carboxylic acids is 1. The first-order valence-corrected chi connectivity index (χ1v) is 6.45. The maximum absolute atomic E-state index is 12.4. The van der Waals surface area contributed by atoms with Gasteiger partial charge in [-0.2, -0.15) is 0 Å². The van der Waals surface area contributed by atoms with E-state index in [0.717, 1.165) is 17.4 Å². The number of ketones is 1. The zero-order valence-electron chi connectivity index (χ0n) is 9.91. The van der Waals surface area contributed by atoms with Gasteiger partial charge in [0.25, 0.3) is 0 Å². The Balaban J connectivity index is 2.52. The van der Waals surface area contributed by atoms with Crippen LogP contribution in [0.3, 0.4) is 0 Å². The molecule has 1 aromatic carbocycles. The van der Waals surface area contributed by atoms with Crippen LogP contribution < -0.4 is 0 Å². The molecule has 0 aliphatic carbocycles. The predicted octanol–water partition coefficient (Wildman–Crippen LogP) is 4.52. The number of carbonyl (C=O) groups is 1. The van der Waals surface area contributed by atoms with Crippen molar-refractivity contribution in [1.82, 2.24) is 0 Å². The van der Waals surface area contributed by atoms with E-state index in [4.69, 9.17) is 0 Å². The molecule has 2 heteroatoms. The van der Waals surface area contributed by atoms with Crippen LogP contribution >= 0.6 is 11.3 Å². The van der Waals surface area contributed by atoms with Gasteiger partial charge in [-0.3, -0.25) is 4.79 Å². The second-order valence-electron chi connectivity index (χ2n) is 4.71. The average molecular weight is 232 g/mol. The Labute approximate surface area is 100 Å². The molecule has 0 spiro atoms. The molecule has 0 unspecified atom stereocenters. The second-order valence-corrected chi connectivity index (χ2v) is 5.62. The molecule has 0 N–H and O–H groups in total. The van der Waals surface area contributed by atoms with Gasteiger partial charge in [-0.05, 0) is 12.5 Å². The highest BCUT2D eigenvalue weighted by molar-refractivity contribution is 7.17. The van der Waals surface area contributed by atoms with E-state index in [1.165, 1.54) is 4.70 Å². The molecule has 0 aliphatic heterocycles. The summed E-state index contributed by atoms with van der Waals surface area (Å²) in [6, 6.07) is 8.10.